The van der Waals surface area contributed by atoms with Crippen LogP contribution in [0.25, 0.3) is 0 Å². The van der Waals surface area contributed by atoms with E-state index in [0.29, 0.717) is 11.9 Å². The largest absolute Gasteiger partial charge is 0.393 e. The third-order valence-corrected chi connectivity index (χ3v) is 6.50. The third-order valence-electron chi connectivity index (χ3n) is 6.50. The monoisotopic (exact) mass is 342 g/mol. The van der Waals surface area contributed by atoms with Crippen LogP contribution in [0.5, 0.6) is 0 Å². The van der Waals surface area contributed by atoms with Gasteiger partial charge < -0.3 is 10.0 Å². The van der Waals surface area contributed by atoms with Gasteiger partial charge in [0.05, 0.1) is 6.10 Å². The molecule has 1 N–H and O–H groups in total. The number of carbonyl (C=O) groups is 1. The molecule has 1 aliphatic carbocycles. The van der Waals surface area contributed by atoms with Crippen LogP contribution in [0.1, 0.15) is 49.7 Å². The highest BCUT2D eigenvalue weighted by Gasteiger charge is 2.33. The first-order chi connectivity index (χ1) is 12.2. The maximum Gasteiger partial charge on any atom is 0.225 e. The van der Waals surface area contributed by atoms with E-state index >= 15 is 0 Å². The van der Waals surface area contributed by atoms with Crippen molar-refractivity contribution in [3.63, 3.8) is 0 Å². The number of amides is 1. The van der Waals surface area contributed by atoms with Crippen LogP contribution in [-0.2, 0) is 17.8 Å². The van der Waals surface area contributed by atoms with Crippen LogP contribution >= 0.6 is 0 Å². The Morgan fingerprint density at radius 2 is 1.60 bits per heavy atom. The predicted molar refractivity (Wildman–Crippen MR) is 98.1 cm³/mol. The van der Waals surface area contributed by atoms with Crippen LogP contribution in [0.3, 0.4) is 0 Å². The SMILES string of the molecule is O=C(C1CCC(O)CC1)N1CCC(N2CCc3ccccc3C2)CC1. The van der Waals surface area contributed by atoms with E-state index in [1.54, 1.807) is 0 Å². The molecule has 1 aromatic carbocycles. The number of aliphatic hydroxyl groups excluding tert-OH is 1. The quantitative estimate of drug-likeness (QED) is 0.898. The molecule has 1 amide bonds. The summed E-state index contributed by atoms with van der Waals surface area (Å²) in [7, 11) is 0. The highest BCUT2D eigenvalue weighted by atomic mass is 16.3. The second kappa shape index (κ2) is 7.46. The molecule has 0 spiro atoms. The van der Waals surface area contributed by atoms with Crippen molar-refractivity contribution in [1.82, 2.24) is 9.80 Å². The Hall–Kier alpha value is -1.39. The average molecular weight is 342 g/mol. The summed E-state index contributed by atoms with van der Waals surface area (Å²) in [6.45, 7) is 4.02. The zero-order valence-corrected chi connectivity index (χ0v) is 15.1. The topological polar surface area (TPSA) is 43.8 Å². The summed E-state index contributed by atoms with van der Waals surface area (Å²) in [5.74, 6) is 0.496. The maximum absolute atomic E-state index is 12.7. The average Bonchev–Trinajstić information content (AvgIpc) is 2.68. The lowest BCUT2D eigenvalue weighted by Crippen LogP contribution is -2.49. The van der Waals surface area contributed by atoms with Crippen molar-refractivity contribution in [1.29, 1.82) is 0 Å². The predicted octanol–water partition coefficient (Wildman–Crippen LogP) is 2.59. The molecule has 1 aromatic rings. The van der Waals surface area contributed by atoms with E-state index in [-0.39, 0.29) is 12.0 Å². The van der Waals surface area contributed by atoms with Crippen LogP contribution in [0.2, 0.25) is 0 Å². The van der Waals surface area contributed by atoms with Gasteiger partial charge >= 0.3 is 0 Å². The molecule has 0 atom stereocenters. The van der Waals surface area contributed by atoms with Gasteiger partial charge in [-0.05, 0) is 56.1 Å². The van der Waals surface area contributed by atoms with Gasteiger partial charge in [-0.3, -0.25) is 9.69 Å². The van der Waals surface area contributed by atoms with E-state index in [9.17, 15) is 9.90 Å². The molecule has 136 valence electrons. The van der Waals surface area contributed by atoms with Crippen LogP contribution in [-0.4, -0.2) is 52.6 Å². The van der Waals surface area contributed by atoms with Crippen molar-refractivity contribution >= 4 is 5.91 Å². The summed E-state index contributed by atoms with van der Waals surface area (Å²) in [5.41, 5.74) is 2.99. The normalized spacial score (nSPS) is 28.6. The molecule has 4 heteroatoms. The number of benzene rings is 1. The van der Waals surface area contributed by atoms with Crippen molar-refractivity contribution in [3.8, 4) is 0 Å². The van der Waals surface area contributed by atoms with Gasteiger partial charge in [0.1, 0.15) is 0 Å². The number of hydrogen-bond donors (Lipinski definition) is 1. The van der Waals surface area contributed by atoms with E-state index in [1.165, 1.54) is 11.1 Å². The van der Waals surface area contributed by atoms with Gasteiger partial charge in [0, 0.05) is 38.1 Å². The molecule has 4 rings (SSSR count). The molecule has 2 fully saturated rings. The zero-order valence-electron chi connectivity index (χ0n) is 15.1. The van der Waals surface area contributed by atoms with Crippen molar-refractivity contribution < 1.29 is 9.90 Å². The molecule has 2 aliphatic heterocycles. The van der Waals surface area contributed by atoms with Crippen LogP contribution in [0.4, 0.5) is 0 Å². The van der Waals surface area contributed by atoms with Gasteiger partial charge in [-0.1, -0.05) is 24.3 Å². The van der Waals surface area contributed by atoms with Crippen LogP contribution < -0.4 is 0 Å². The van der Waals surface area contributed by atoms with Crippen molar-refractivity contribution in [2.45, 2.75) is 63.6 Å². The van der Waals surface area contributed by atoms with Crippen molar-refractivity contribution in [2.75, 3.05) is 19.6 Å². The van der Waals surface area contributed by atoms with E-state index in [1.807, 2.05) is 0 Å². The second-order valence-corrected chi connectivity index (χ2v) is 8.05. The van der Waals surface area contributed by atoms with Crippen LogP contribution in [0.15, 0.2) is 24.3 Å². The number of fused-ring (bicyclic) bond motifs is 1. The zero-order chi connectivity index (χ0) is 17.2. The lowest BCUT2D eigenvalue weighted by molar-refractivity contribution is -0.138. The fourth-order valence-electron chi connectivity index (χ4n) is 4.86. The van der Waals surface area contributed by atoms with Gasteiger partial charge in [-0.25, -0.2) is 0 Å². The molecule has 25 heavy (non-hydrogen) atoms. The Labute approximate surface area is 150 Å². The molecule has 2 heterocycles. The van der Waals surface area contributed by atoms with Gasteiger partial charge in [0.2, 0.25) is 5.91 Å². The number of nitrogens with zero attached hydrogens (tertiary/aromatic N) is 2. The number of likely N-dealkylation sites (tertiary alicyclic amines) is 1. The molecule has 0 aromatic heterocycles. The Balaban J connectivity index is 1.29. The van der Waals surface area contributed by atoms with Crippen molar-refractivity contribution in [2.24, 2.45) is 5.92 Å². The minimum atomic E-state index is -0.184. The minimum Gasteiger partial charge on any atom is -0.393 e. The summed E-state index contributed by atoms with van der Waals surface area (Å²) in [6.07, 6.45) is 6.48. The molecule has 1 saturated carbocycles. The lowest BCUT2D eigenvalue weighted by atomic mass is 9.86. The van der Waals surface area contributed by atoms with E-state index in [2.05, 4.69) is 34.1 Å². The Morgan fingerprint density at radius 3 is 2.32 bits per heavy atom. The summed E-state index contributed by atoms with van der Waals surface area (Å²) in [6, 6.07) is 9.42. The number of aliphatic hydroxyl groups is 1. The molecular formula is C21H30N2O2. The Kier molecular flexibility index (Phi) is 5.09. The molecule has 0 radical (unpaired) electrons. The standard InChI is InChI=1S/C21H30N2O2/c24-20-7-5-17(6-8-20)21(25)22-13-10-19(11-14-22)23-12-9-16-3-1-2-4-18(16)15-23/h1-4,17,19-20,24H,5-15H2. The minimum absolute atomic E-state index is 0.154. The van der Waals surface area contributed by atoms with Gasteiger partial charge in [0.15, 0.2) is 0 Å². The Bertz CT molecular complexity index is 602. The number of hydrogen-bond acceptors (Lipinski definition) is 3. The molecule has 1 saturated heterocycles. The van der Waals surface area contributed by atoms with E-state index < -0.39 is 0 Å². The first-order valence-electron chi connectivity index (χ1n) is 9.98. The molecule has 0 unspecified atom stereocenters. The fraction of sp³-hybridized carbons (Fsp3) is 0.667. The molecule has 4 nitrogen and oxygen atoms in total. The first-order valence-corrected chi connectivity index (χ1v) is 9.98. The summed E-state index contributed by atoms with van der Waals surface area (Å²) in [4.78, 5) is 17.5. The first kappa shape index (κ1) is 17.0. The van der Waals surface area contributed by atoms with Gasteiger partial charge in [0.25, 0.3) is 0 Å². The lowest BCUT2D eigenvalue weighted by Gasteiger charge is -2.41. The second-order valence-electron chi connectivity index (χ2n) is 8.05. The summed E-state index contributed by atoms with van der Waals surface area (Å²) >= 11 is 0. The van der Waals surface area contributed by atoms with E-state index in [0.717, 1.165) is 71.1 Å². The maximum atomic E-state index is 12.7. The number of rotatable bonds is 2. The molecule has 0 bridgehead atoms. The Morgan fingerprint density at radius 1 is 0.920 bits per heavy atom. The highest BCUT2D eigenvalue weighted by Crippen LogP contribution is 2.29. The summed E-state index contributed by atoms with van der Waals surface area (Å²) < 4.78 is 0. The van der Waals surface area contributed by atoms with Gasteiger partial charge in [-0.15, -0.1) is 0 Å². The number of piperidine rings is 1. The highest BCUT2D eigenvalue weighted by molar-refractivity contribution is 5.79. The smallest absolute Gasteiger partial charge is 0.225 e. The molecular weight excluding hydrogens is 312 g/mol. The summed E-state index contributed by atoms with van der Waals surface area (Å²) in [5, 5.41) is 9.64. The fourth-order valence-corrected chi connectivity index (χ4v) is 4.86. The molecule has 3 aliphatic rings. The number of carbonyl (C=O) groups excluding carboxylic acids is 1. The van der Waals surface area contributed by atoms with Gasteiger partial charge in [-0.2, -0.15) is 0 Å². The third kappa shape index (κ3) is 3.75. The van der Waals surface area contributed by atoms with Crippen molar-refractivity contribution in [3.05, 3.63) is 35.4 Å². The van der Waals surface area contributed by atoms with E-state index in [4.69, 9.17) is 0 Å². The van der Waals surface area contributed by atoms with Crippen LogP contribution in [0, 0.1) is 5.92 Å².